The summed E-state index contributed by atoms with van der Waals surface area (Å²) in [5.74, 6) is -1.08. The third kappa shape index (κ3) is 5.05. The van der Waals surface area contributed by atoms with E-state index in [-0.39, 0.29) is 5.92 Å². The van der Waals surface area contributed by atoms with Crippen LogP contribution < -0.4 is 4.90 Å². The summed E-state index contributed by atoms with van der Waals surface area (Å²) >= 11 is 0. The van der Waals surface area contributed by atoms with E-state index in [2.05, 4.69) is 21.9 Å². The molecule has 1 aliphatic heterocycles. The van der Waals surface area contributed by atoms with Crippen molar-refractivity contribution in [1.82, 2.24) is 4.90 Å². The molecule has 1 atom stereocenters. The van der Waals surface area contributed by atoms with Gasteiger partial charge in [-0.25, -0.2) is 0 Å². The number of anilines is 1. The summed E-state index contributed by atoms with van der Waals surface area (Å²) in [5.41, 5.74) is 1.11. The SMILES string of the molecule is CC(CN(CCN1CCCCC1)c1ccccc1)C(=O)O. The zero-order chi connectivity index (χ0) is 15.1. The molecule has 0 bridgehead atoms. The second-order valence-corrected chi connectivity index (χ2v) is 5.92. The average Bonchev–Trinajstić information content (AvgIpc) is 2.53. The van der Waals surface area contributed by atoms with Gasteiger partial charge < -0.3 is 14.9 Å². The molecular formula is C17H26N2O2. The fraction of sp³-hybridized carbons (Fsp3) is 0.588. The Hall–Kier alpha value is -1.55. The lowest BCUT2D eigenvalue weighted by atomic mass is 10.1. The molecule has 1 heterocycles. The van der Waals surface area contributed by atoms with Crippen LogP contribution >= 0.6 is 0 Å². The number of aliphatic carboxylic acids is 1. The van der Waals surface area contributed by atoms with Crippen molar-refractivity contribution in [3.8, 4) is 0 Å². The number of carboxylic acids is 1. The van der Waals surface area contributed by atoms with Gasteiger partial charge in [-0.3, -0.25) is 4.79 Å². The third-order valence-corrected chi connectivity index (χ3v) is 4.17. The molecule has 116 valence electrons. The van der Waals surface area contributed by atoms with E-state index in [1.807, 2.05) is 18.2 Å². The van der Waals surface area contributed by atoms with Gasteiger partial charge in [-0.05, 0) is 38.1 Å². The van der Waals surface area contributed by atoms with Gasteiger partial charge in [0.15, 0.2) is 0 Å². The first-order valence-corrected chi connectivity index (χ1v) is 7.92. The number of piperidine rings is 1. The summed E-state index contributed by atoms with van der Waals surface area (Å²) in [4.78, 5) is 15.8. The van der Waals surface area contributed by atoms with Crippen LogP contribution in [0.15, 0.2) is 30.3 Å². The highest BCUT2D eigenvalue weighted by atomic mass is 16.4. The molecule has 1 unspecified atom stereocenters. The van der Waals surface area contributed by atoms with E-state index in [0.29, 0.717) is 6.54 Å². The number of benzene rings is 1. The normalized spacial score (nSPS) is 17.4. The minimum absolute atomic E-state index is 0.355. The molecule has 4 nitrogen and oxygen atoms in total. The van der Waals surface area contributed by atoms with Crippen molar-refractivity contribution in [2.45, 2.75) is 26.2 Å². The number of hydrogen-bond acceptors (Lipinski definition) is 3. The Kier molecular flexibility index (Phi) is 6.05. The largest absolute Gasteiger partial charge is 0.481 e. The molecule has 2 rings (SSSR count). The fourth-order valence-electron chi connectivity index (χ4n) is 2.82. The molecule has 1 aromatic carbocycles. The van der Waals surface area contributed by atoms with Gasteiger partial charge in [-0.1, -0.05) is 31.5 Å². The summed E-state index contributed by atoms with van der Waals surface area (Å²) in [6, 6.07) is 10.1. The van der Waals surface area contributed by atoms with Crippen LogP contribution in [0.4, 0.5) is 5.69 Å². The lowest BCUT2D eigenvalue weighted by molar-refractivity contribution is -0.140. The highest BCUT2D eigenvalue weighted by Gasteiger charge is 2.18. The maximum atomic E-state index is 11.1. The molecule has 0 saturated carbocycles. The molecule has 1 fully saturated rings. The van der Waals surface area contributed by atoms with Gasteiger partial charge in [0, 0.05) is 25.3 Å². The predicted molar refractivity (Wildman–Crippen MR) is 85.7 cm³/mol. The first-order valence-electron chi connectivity index (χ1n) is 7.92. The summed E-state index contributed by atoms with van der Waals surface area (Å²) in [7, 11) is 0. The Bertz CT molecular complexity index is 430. The number of hydrogen-bond donors (Lipinski definition) is 1. The summed E-state index contributed by atoms with van der Waals surface area (Å²) in [5, 5.41) is 9.16. The van der Waals surface area contributed by atoms with E-state index >= 15 is 0 Å². The molecule has 1 aliphatic rings. The Labute approximate surface area is 127 Å². The maximum Gasteiger partial charge on any atom is 0.308 e. The van der Waals surface area contributed by atoms with Crippen LogP contribution in [-0.4, -0.2) is 48.7 Å². The number of carbonyl (C=O) groups is 1. The average molecular weight is 290 g/mol. The molecule has 0 radical (unpaired) electrons. The van der Waals surface area contributed by atoms with E-state index < -0.39 is 5.97 Å². The van der Waals surface area contributed by atoms with Crippen molar-refractivity contribution in [2.75, 3.05) is 37.6 Å². The summed E-state index contributed by atoms with van der Waals surface area (Å²) in [6.07, 6.45) is 3.92. The zero-order valence-corrected chi connectivity index (χ0v) is 12.9. The monoisotopic (exact) mass is 290 g/mol. The van der Waals surface area contributed by atoms with E-state index in [0.717, 1.165) is 18.8 Å². The van der Waals surface area contributed by atoms with Gasteiger partial charge in [0.2, 0.25) is 0 Å². The zero-order valence-electron chi connectivity index (χ0n) is 12.9. The van der Waals surface area contributed by atoms with Crippen molar-refractivity contribution in [1.29, 1.82) is 0 Å². The van der Waals surface area contributed by atoms with Gasteiger partial charge >= 0.3 is 5.97 Å². The maximum absolute atomic E-state index is 11.1. The molecule has 0 aromatic heterocycles. The number of rotatable bonds is 7. The Morgan fingerprint density at radius 3 is 2.52 bits per heavy atom. The number of nitrogens with zero attached hydrogens (tertiary/aromatic N) is 2. The van der Waals surface area contributed by atoms with Gasteiger partial charge in [0.05, 0.1) is 5.92 Å². The van der Waals surface area contributed by atoms with E-state index in [9.17, 15) is 4.79 Å². The Balaban J connectivity index is 1.96. The van der Waals surface area contributed by atoms with E-state index in [4.69, 9.17) is 5.11 Å². The van der Waals surface area contributed by atoms with Gasteiger partial charge in [0.1, 0.15) is 0 Å². The van der Waals surface area contributed by atoms with Crippen LogP contribution in [0.2, 0.25) is 0 Å². The standard InChI is InChI=1S/C17H26N2O2/c1-15(17(20)21)14-19(16-8-4-2-5-9-16)13-12-18-10-6-3-7-11-18/h2,4-5,8-9,15H,3,6-7,10-14H2,1H3,(H,20,21). The van der Waals surface area contributed by atoms with E-state index in [1.54, 1.807) is 6.92 Å². The van der Waals surface area contributed by atoms with Crippen molar-refractivity contribution < 1.29 is 9.90 Å². The van der Waals surface area contributed by atoms with Gasteiger partial charge in [-0.15, -0.1) is 0 Å². The molecule has 1 saturated heterocycles. The Morgan fingerprint density at radius 2 is 1.90 bits per heavy atom. The summed E-state index contributed by atoms with van der Waals surface area (Å²) < 4.78 is 0. The van der Waals surface area contributed by atoms with Crippen LogP contribution in [0.3, 0.4) is 0 Å². The van der Waals surface area contributed by atoms with Crippen molar-refractivity contribution >= 4 is 11.7 Å². The molecule has 1 N–H and O–H groups in total. The van der Waals surface area contributed by atoms with Crippen molar-refractivity contribution in [3.05, 3.63) is 30.3 Å². The first kappa shape index (κ1) is 15.8. The molecular weight excluding hydrogens is 264 g/mol. The minimum Gasteiger partial charge on any atom is -0.481 e. The van der Waals surface area contributed by atoms with Crippen LogP contribution in [0, 0.1) is 5.92 Å². The highest BCUT2D eigenvalue weighted by molar-refractivity contribution is 5.70. The molecule has 4 heteroatoms. The molecule has 1 aromatic rings. The lowest BCUT2D eigenvalue weighted by Gasteiger charge is -2.32. The predicted octanol–water partition coefficient (Wildman–Crippen LogP) is 2.70. The van der Waals surface area contributed by atoms with Crippen LogP contribution in [0.25, 0.3) is 0 Å². The van der Waals surface area contributed by atoms with Gasteiger partial charge in [-0.2, -0.15) is 0 Å². The van der Waals surface area contributed by atoms with Crippen LogP contribution in [0.5, 0.6) is 0 Å². The molecule has 21 heavy (non-hydrogen) atoms. The first-order chi connectivity index (χ1) is 10.2. The number of likely N-dealkylation sites (tertiary alicyclic amines) is 1. The minimum atomic E-state index is -0.728. The molecule has 0 spiro atoms. The Morgan fingerprint density at radius 1 is 1.24 bits per heavy atom. The fourth-order valence-corrected chi connectivity index (χ4v) is 2.82. The lowest BCUT2D eigenvalue weighted by Crippen LogP contribution is -2.40. The quantitative estimate of drug-likeness (QED) is 0.838. The summed E-state index contributed by atoms with van der Waals surface area (Å²) in [6.45, 7) is 6.60. The van der Waals surface area contributed by atoms with Gasteiger partial charge in [0.25, 0.3) is 0 Å². The number of carboxylic acid groups (broad SMARTS) is 1. The highest BCUT2D eigenvalue weighted by Crippen LogP contribution is 2.16. The van der Waals surface area contributed by atoms with Crippen LogP contribution in [-0.2, 0) is 4.79 Å². The topological polar surface area (TPSA) is 43.8 Å². The van der Waals surface area contributed by atoms with Crippen molar-refractivity contribution in [2.24, 2.45) is 5.92 Å². The van der Waals surface area contributed by atoms with Crippen molar-refractivity contribution in [3.63, 3.8) is 0 Å². The molecule has 0 amide bonds. The smallest absolute Gasteiger partial charge is 0.308 e. The molecule has 0 aliphatic carbocycles. The second-order valence-electron chi connectivity index (χ2n) is 5.92. The van der Waals surface area contributed by atoms with Crippen LogP contribution in [0.1, 0.15) is 26.2 Å². The second kappa shape index (κ2) is 8.03. The van der Waals surface area contributed by atoms with E-state index in [1.165, 1.54) is 32.4 Å². The number of para-hydroxylation sites is 1. The third-order valence-electron chi connectivity index (χ3n) is 4.17.